The van der Waals surface area contributed by atoms with E-state index in [1.165, 1.54) is 4.68 Å². The lowest BCUT2D eigenvalue weighted by molar-refractivity contribution is 0.0689. The lowest BCUT2D eigenvalue weighted by Crippen LogP contribution is -2.04. The molecule has 0 saturated carbocycles. The molecule has 23 heavy (non-hydrogen) atoms. The molecule has 116 valence electrons. The van der Waals surface area contributed by atoms with Crippen LogP contribution in [0.2, 0.25) is 10.0 Å². The molecule has 1 N–H and O–H groups in total. The van der Waals surface area contributed by atoms with Crippen molar-refractivity contribution in [1.29, 1.82) is 0 Å². The molecule has 0 bridgehead atoms. The molecule has 2 aromatic heterocycles. The van der Waals surface area contributed by atoms with Crippen LogP contribution in [-0.2, 0) is 0 Å². The van der Waals surface area contributed by atoms with Crippen molar-refractivity contribution < 1.29 is 9.90 Å². The molecule has 5 nitrogen and oxygen atoms in total. The third-order valence-corrected chi connectivity index (χ3v) is 3.93. The quantitative estimate of drug-likeness (QED) is 0.768. The number of pyridine rings is 1. The maximum Gasteiger partial charge on any atom is 0.356 e. The second-order valence-electron chi connectivity index (χ2n) is 4.85. The predicted molar refractivity (Wildman–Crippen MR) is 88.5 cm³/mol. The second-order valence-corrected chi connectivity index (χ2v) is 5.70. The van der Waals surface area contributed by atoms with Gasteiger partial charge in [0, 0.05) is 22.3 Å². The van der Waals surface area contributed by atoms with Gasteiger partial charge in [0.25, 0.3) is 0 Å². The molecule has 7 heteroatoms. The lowest BCUT2D eigenvalue weighted by Gasteiger charge is -2.09. The number of aromatic nitrogens is 3. The summed E-state index contributed by atoms with van der Waals surface area (Å²) in [6.07, 6.45) is 1.57. The number of carboxylic acids is 1. The summed E-state index contributed by atoms with van der Waals surface area (Å²) in [5.74, 6) is -0.738. The Labute approximate surface area is 142 Å². The number of rotatable bonds is 3. The van der Waals surface area contributed by atoms with Gasteiger partial charge in [0.15, 0.2) is 11.5 Å². The van der Waals surface area contributed by atoms with Crippen LogP contribution in [0.4, 0.5) is 0 Å². The van der Waals surface area contributed by atoms with Crippen LogP contribution in [-0.4, -0.2) is 25.8 Å². The zero-order valence-electron chi connectivity index (χ0n) is 12.0. The first-order chi connectivity index (χ1) is 11.0. The van der Waals surface area contributed by atoms with Gasteiger partial charge in [0.1, 0.15) is 0 Å². The van der Waals surface area contributed by atoms with Crippen LogP contribution < -0.4 is 0 Å². The van der Waals surface area contributed by atoms with Gasteiger partial charge in [-0.15, -0.1) is 0 Å². The number of halogens is 2. The van der Waals surface area contributed by atoms with Gasteiger partial charge in [0.05, 0.1) is 10.7 Å². The average molecular weight is 348 g/mol. The molecular weight excluding hydrogens is 337 g/mol. The fraction of sp³-hybridized carbons (Fsp3) is 0.0625. The smallest absolute Gasteiger partial charge is 0.356 e. The third-order valence-electron chi connectivity index (χ3n) is 3.38. The highest BCUT2D eigenvalue weighted by Gasteiger charge is 2.23. The van der Waals surface area contributed by atoms with Gasteiger partial charge in [-0.05, 0) is 31.2 Å². The monoisotopic (exact) mass is 347 g/mol. The van der Waals surface area contributed by atoms with E-state index in [1.807, 2.05) is 0 Å². The summed E-state index contributed by atoms with van der Waals surface area (Å²) in [5, 5.41) is 14.5. The molecule has 1 aromatic carbocycles. The number of hydrogen-bond donors (Lipinski definition) is 1. The van der Waals surface area contributed by atoms with E-state index in [9.17, 15) is 9.90 Å². The summed E-state index contributed by atoms with van der Waals surface area (Å²) in [7, 11) is 0. The second kappa shape index (κ2) is 6.02. The van der Waals surface area contributed by atoms with Gasteiger partial charge in [0.2, 0.25) is 0 Å². The number of carboxylic acid groups (broad SMARTS) is 1. The predicted octanol–water partition coefficient (Wildman–Crippen LogP) is 4.25. The molecule has 0 saturated heterocycles. The summed E-state index contributed by atoms with van der Waals surface area (Å²) in [6.45, 7) is 1.70. The average Bonchev–Trinajstić information content (AvgIpc) is 2.86. The van der Waals surface area contributed by atoms with Crippen molar-refractivity contribution in [1.82, 2.24) is 14.8 Å². The summed E-state index contributed by atoms with van der Waals surface area (Å²) in [4.78, 5) is 15.7. The maximum atomic E-state index is 11.4. The fourth-order valence-corrected chi connectivity index (χ4v) is 2.66. The van der Waals surface area contributed by atoms with Crippen molar-refractivity contribution in [3.05, 3.63) is 63.9 Å². The number of nitrogens with zero attached hydrogens (tertiary/aromatic N) is 3. The van der Waals surface area contributed by atoms with Gasteiger partial charge in [-0.3, -0.25) is 0 Å². The Bertz CT molecular complexity index is 889. The van der Waals surface area contributed by atoms with Crippen molar-refractivity contribution in [3.8, 4) is 17.1 Å². The molecule has 3 aromatic rings. The highest BCUT2D eigenvalue weighted by Crippen LogP contribution is 2.31. The van der Waals surface area contributed by atoms with Crippen molar-refractivity contribution >= 4 is 29.2 Å². The van der Waals surface area contributed by atoms with Gasteiger partial charge in [-0.25, -0.2) is 14.5 Å². The molecular formula is C16H11Cl2N3O2. The van der Waals surface area contributed by atoms with Gasteiger partial charge < -0.3 is 5.11 Å². The number of aromatic carboxylic acids is 1. The van der Waals surface area contributed by atoms with Crippen molar-refractivity contribution in [2.45, 2.75) is 6.92 Å². The number of carbonyl (C=O) groups is 1. The number of benzene rings is 1. The zero-order chi connectivity index (χ0) is 16.6. The topological polar surface area (TPSA) is 68.0 Å². The molecule has 0 atom stereocenters. The maximum absolute atomic E-state index is 11.4. The van der Waals surface area contributed by atoms with Gasteiger partial charge >= 0.3 is 5.97 Å². The van der Waals surface area contributed by atoms with E-state index < -0.39 is 5.97 Å². The standard InChI is InChI=1S/C16H11Cl2N3O2/c1-9-13(16(22)23)20-21(15-12(18)3-2-8-19-15)14(9)10-4-6-11(17)7-5-10/h2-8H,1H3,(H,22,23). The first-order valence-corrected chi connectivity index (χ1v) is 7.44. The molecule has 0 amide bonds. The first kappa shape index (κ1) is 15.5. The highest BCUT2D eigenvalue weighted by atomic mass is 35.5. The Hall–Kier alpha value is -2.37. The lowest BCUT2D eigenvalue weighted by atomic mass is 10.1. The Morgan fingerprint density at radius 3 is 2.48 bits per heavy atom. The van der Waals surface area contributed by atoms with Crippen LogP contribution in [0.1, 0.15) is 16.1 Å². The Kier molecular flexibility index (Phi) is 4.07. The SMILES string of the molecule is Cc1c(C(=O)O)nn(-c2ncccc2Cl)c1-c1ccc(Cl)cc1. The van der Waals surface area contributed by atoms with E-state index >= 15 is 0 Å². The molecule has 2 heterocycles. The summed E-state index contributed by atoms with van der Waals surface area (Å²) < 4.78 is 1.45. The highest BCUT2D eigenvalue weighted by molar-refractivity contribution is 6.32. The van der Waals surface area contributed by atoms with Crippen molar-refractivity contribution in [3.63, 3.8) is 0 Å². The van der Waals surface area contributed by atoms with Crippen molar-refractivity contribution in [2.75, 3.05) is 0 Å². The van der Waals surface area contributed by atoms with Crippen LogP contribution in [0.3, 0.4) is 0 Å². The van der Waals surface area contributed by atoms with E-state index in [0.29, 0.717) is 27.1 Å². The fourth-order valence-electron chi connectivity index (χ4n) is 2.33. The summed E-state index contributed by atoms with van der Waals surface area (Å²) in [5.41, 5.74) is 1.87. The minimum atomic E-state index is -1.11. The minimum Gasteiger partial charge on any atom is -0.476 e. The molecule has 0 unspecified atom stereocenters. The minimum absolute atomic E-state index is 0.0448. The Balaban J connectivity index is 2.31. The van der Waals surface area contributed by atoms with Crippen molar-refractivity contribution in [2.24, 2.45) is 0 Å². The van der Waals surface area contributed by atoms with Crippen LogP contribution in [0.5, 0.6) is 0 Å². The third kappa shape index (κ3) is 2.81. The Morgan fingerprint density at radius 2 is 1.87 bits per heavy atom. The molecule has 0 aliphatic rings. The van der Waals surface area contributed by atoms with Gasteiger partial charge in [-0.1, -0.05) is 35.3 Å². The largest absolute Gasteiger partial charge is 0.476 e. The van der Waals surface area contributed by atoms with Crippen LogP contribution in [0, 0.1) is 6.92 Å². The molecule has 0 radical (unpaired) electrons. The number of hydrogen-bond acceptors (Lipinski definition) is 3. The Morgan fingerprint density at radius 1 is 1.17 bits per heavy atom. The van der Waals surface area contributed by atoms with Crippen LogP contribution in [0.25, 0.3) is 17.1 Å². The van der Waals surface area contributed by atoms with E-state index in [0.717, 1.165) is 5.56 Å². The molecule has 0 aliphatic carbocycles. The van der Waals surface area contributed by atoms with Crippen LogP contribution in [0.15, 0.2) is 42.6 Å². The van der Waals surface area contributed by atoms with Crippen LogP contribution >= 0.6 is 23.2 Å². The van der Waals surface area contributed by atoms with E-state index in [1.54, 1.807) is 49.5 Å². The molecule has 0 aliphatic heterocycles. The summed E-state index contributed by atoms with van der Waals surface area (Å²) in [6, 6.07) is 10.4. The molecule has 0 spiro atoms. The van der Waals surface area contributed by atoms with E-state index in [4.69, 9.17) is 23.2 Å². The molecule has 0 fully saturated rings. The van der Waals surface area contributed by atoms with E-state index in [2.05, 4.69) is 10.1 Å². The molecule has 3 rings (SSSR count). The first-order valence-electron chi connectivity index (χ1n) is 6.69. The van der Waals surface area contributed by atoms with E-state index in [-0.39, 0.29) is 5.69 Å². The van der Waals surface area contributed by atoms with Gasteiger partial charge in [-0.2, -0.15) is 5.10 Å². The zero-order valence-corrected chi connectivity index (χ0v) is 13.5. The normalized spacial score (nSPS) is 10.7. The summed E-state index contributed by atoms with van der Waals surface area (Å²) >= 11 is 12.1.